The quantitative estimate of drug-likeness (QED) is 0.473. The van der Waals surface area contributed by atoms with Crippen LogP contribution in [0.4, 0.5) is 16.2 Å². The third-order valence-corrected chi connectivity index (χ3v) is 6.45. The number of nitrogens with zero attached hydrogens (tertiary/aromatic N) is 3. The summed E-state index contributed by atoms with van der Waals surface area (Å²) in [5, 5.41) is 14.6. The van der Waals surface area contributed by atoms with Crippen LogP contribution >= 0.6 is 23.2 Å². The first-order chi connectivity index (χ1) is 16.2. The number of fused-ring (bicyclic) bond motifs is 1. The molecule has 176 valence electrons. The highest BCUT2D eigenvalue weighted by atomic mass is 35.5. The van der Waals surface area contributed by atoms with Crippen LogP contribution < -0.4 is 10.6 Å². The molecule has 0 spiro atoms. The van der Waals surface area contributed by atoms with Gasteiger partial charge in [0.25, 0.3) is 0 Å². The first-order valence-electron chi connectivity index (χ1n) is 10.8. The van der Waals surface area contributed by atoms with E-state index in [-0.39, 0.29) is 34.4 Å². The molecule has 0 saturated carbocycles. The molecule has 0 bridgehead atoms. The highest BCUT2D eigenvalue weighted by Gasteiger charge is 2.45. The van der Waals surface area contributed by atoms with E-state index in [1.807, 2.05) is 25.7 Å². The second-order valence-electron chi connectivity index (χ2n) is 8.53. The van der Waals surface area contributed by atoms with Crippen molar-refractivity contribution in [2.24, 2.45) is 21.8 Å². The lowest BCUT2D eigenvalue weighted by Gasteiger charge is -2.36. The zero-order valence-corrected chi connectivity index (χ0v) is 20.4. The van der Waals surface area contributed by atoms with E-state index in [2.05, 4.69) is 20.6 Å². The Kier molecular flexibility index (Phi) is 6.72. The van der Waals surface area contributed by atoms with Crippen LogP contribution in [0.15, 0.2) is 46.4 Å². The number of aryl methyl sites for hydroxylation is 1. The molecule has 4 rings (SSSR count). The minimum atomic E-state index is -0.672. The van der Waals surface area contributed by atoms with E-state index in [9.17, 15) is 9.59 Å². The summed E-state index contributed by atoms with van der Waals surface area (Å²) in [5.41, 5.74) is 2.09. The van der Waals surface area contributed by atoms with E-state index in [0.29, 0.717) is 16.4 Å². The van der Waals surface area contributed by atoms with Crippen molar-refractivity contribution in [2.75, 3.05) is 10.6 Å². The Labute approximate surface area is 207 Å². The van der Waals surface area contributed by atoms with Crippen molar-refractivity contribution < 1.29 is 9.59 Å². The van der Waals surface area contributed by atoms with Crippen LogP contribution in [0.5, 0.6) is 0 Å². The fourth-order valence-corrected chi connectivity index (χ4v) is 4.54. The molecular weight excluding hydrogens is 475 g/mol. The minimum absolute atomic E-state index is 0.112. The second-order valence-corrected chi connectivity index (χ2v) is 9.37. The molecule has 2 aliphatic rings. The summed E-state index contributed by atoms with van der Waals surface area (Å²) in [4.78, 5) is 36.6. The zero-order chi connectivity index (χ0) is 24.6. The largest absolute Gasteiger partial charge is 0.337 e. The van der Waals surface area contributed by atoms with Crippen LogP contribution in [0.2, 0.25) is 10.0 Å². The summed E-state index contributed by atoms with van der Waals surface area (Å²) in [7, 11) is 0. The van der Waals surface area contributed by atoms with E-state index in [0.717, 1.165) is 5.56 Å². The summed E-state index contributed by atoms with van der Waals surface area (Å²) in [6.45, 7) is 5.85. The normalized spacial score (nSPS) is 21.1. The minimum Gasteiger partial charge on any atom is -0.337 e. The maximum atomic E-state index is 13.5. The Morgan fingerprint density at radius 1 is 1.12 bits per heavy atom. The van der Waals surface area contributed by atoms with E-state index in [1.54, 1.807) is 42.9 Å². The number of Topliss-reactive ketones (excluding diaryl/α,β-unsaturated/α-hetero) is 1. The van der Waals surface area contributed by atoms with E-state index in [1.165, 1.54) is 6.07 Å². The van der Waals surface area contributed by atoms with Crippen molar-refractivity contribution in [3.05, 3.63) is 57.6 Å². The highest BCUT2D eigenvalue weighted by Crippen LogP contribution is 2.35. The predicted octanol–water partition coefficient (Wildman–Crippen LogP) is 5.50. The van der Waals surface area contributed by atoms with Gasteiger partial charge in [-0.05, 0) is 62.7 Å². The van der Waals surface area contributed by atoms with Crippen molar-refractivity contribution >= 4 is 64.8 Å². The van der Waals surface area contributed by atoms with Gasteiger partial charge in [-0.1, -0.05) is 23.2 Å². The van der Waals surface area contributed by atoms with Gasteiger partial charge in [0.1, 0.15) is 12.0 Å². The van der Waals surface area contributed by atoms with Gasteiger partial charge in [0.15, 0.2) is 5.78 Å². The molecule has 3 unspecified atom stereocenters. The number of urea groups is 1. The molecule has 2 aromatic rings. The maximum Gasteiger partial charge on any atom is 0.323 e. The van der Waals surface area contributed by atoms with E-state index in [4.69, 9.17) is 28.6 Å². The molecule has 3 atom stereocenters. The molecule has 8 nitrogen and oxygen atoms in total. The van der Waals surface area contributed by atoms with Gasteiger partial charge in [0, 0.05) is 34.2 Å². The molecular formula is C24H24Cl2N6O2. The van der Waals surface area contributed by atoms with Crippen LogP contribution in [-0.2, 0) is 0 Å². The topological polar surface area (TPSA) is 110 Å². The van der Waals surface area contributed by atoms with Gasteiger partial charge in [-0.15, -0.1) is 0 Å². The fourth-order valence-electron chi connectivity index (χ4n) is 4.10. The lowest BCUT2D eigenvalue weighted by atomic mass is 9.84. The van der Waals surface area contributed by atoms with Gasteiger partial charge in [-0.25, -0.2) is 9.79 Å². The summed E-state index contributed by atoms with van der Waals surface area (Å²) >= 11 is 12.3. The van der Waals surface area contributed by atoms with Crippen molar-refractivity contribution in [1.82, 2.24) is 4.90 Å². The number of halogens is 2. The van der Waals surface area contributed by atoms with Crippen LogP contribution in [-0.4, -0.2) is 47.3 Å². The van der Waals surface area contributed by atoms with Crippen molar-refractivity contribution in [1.29, 1.82) is 5.41 Å². The molecule has 0 aliphatic carbocycles. The Morgan fingerprint density at radius 3 is 2.59 bits per heavy atom. The second kappa shape index (κ2) is 9.56. The molecule has 10 heteroatoms. The van der Waals surface area contributed by atoms with E-state index >= 15 is 0 Å². The Hall–Kier alpha value is -3.23. The highest BCUT2D eigenvalue weighted by molar-refractivity contribution is 6.35. The Bertz CT molecular complexity index is 1230. The number of amidine groups is 1. The number of hydrogen-bond acceptors (Lipinski definition) is 5. The Morgan fingerprint density at radius 2 is 1.88 bits per heavy atom. The van der Waals surface area contributed by atoms with Crippen LogP contribution in [0.25, 0.3) is 0 Å². The molecule has 2 heterocycles. The van der Waals surface area contributed by atoms with Gasteiger partial charge in [0.05, 0.1) is 23.2 Å². The molecule has 0 aromatic heterocycles. The van der Waals surface area contributed by atoms with Gasteiger partial charge in [-0.3, -0.25) is 15.2 Å². The van der Waals surface area contributed by atoms with Gasteiger partial charge in [-0.2, -0.15) is 0 Å². The first kappa shape index (κ1) is 23.9. The Balaban J connectivity index is 1.52. The smallest absolute Gasteiger partial charge is 0.323 e. The standard InChI is InChI=1S/C24H24Cl2N6O2/c1-12(2)32-11-29-22(27)20-17(10-28-23(20)32)21(33)16-9-15(5-6-18(16)26)30-24(34)31-19-7-4-14(25)8-13(19)3/h4-12,17,20,23,27H,1-3H3,(H2,30,31,34). The predicted molar refractivity (Wildman–Crippen MR) is 137 cm³/mol. The summed E-state index contributed by atoms with van der Waals surface area (Å²) in [5.74, 6) is -1.33. The number of amides is 2. The molecule has 2 amide bonds. The van der Waals surface area contributed by atoms with Crippen molar-refractivity contribution in [3.8, 4) is 0 Å². The summed E-state index contributed by atoms with van der Waals surface area (Å²) in [6, 6.07) is 9.52. The third-order valence-electron chi connectivity index (χ3n) is 5.88. The number of anilines is 2. The van der Waals surface area contributed by atoms with Gasteiger partial charge in [0.2, 0.25) is 0 Å². The number of carbonyl (C=O) groups excluding carboxylic acids is 2. The summed E-state index contributed by atoms with van der Waals surface area (Å²) in [6.07, 6.45) is 2.84. The lowest BCUT2D eigenvalue weighted by Crippen LogP contribution is -2.49. The molecule has 0 saturated heterocycles. The molecule has 34 heavy (non-hydrogen) atoms. The number of rotatable bonds is 5. The number of aliphatic imine (C=N–C) groups is 2. The van der Waals surface area contributed by atoms with Crippen LogP contribution in [0.1, 0.15) is 29.8 Å². The zero-order valence-electron chi connectivity index (χ0n) is 18.8. The molecule has 0 fully saturated rings. The van der Waals surface area contributed by atoms with Gasteiger partial charge >= 0.3 is 6.03 Å². The fraction of sp³-hybridized carbons (Fsp3) is 0.292. The number of benzene rings is 2. The molecule has 2 aromatic carbocycles. The van der Waals surface area contributed by atoms with Crippen molar-refractivity contribution in [3.63, 3.8) is 0 Å². The number of carbonyl (C=O) groups is 2. The first-order valence-corrected chi connectivity index (χ1v) is 11.5. The maximum absolute atomic E-state index is 13.5. The van der Waals surface area contributed by atoms with Crippen molar-refractivity contribution in [2.45, 2.75) is 33.0 Å². The average Bonchev–Trinajstić information content (AvgIpc) is 3.22. The summed E-state index contributed by atoms with van der Waals surface area (Å²) < 4.78 is 0. The number of ketones is 1. The monoisotopic (exact) mass is 498 g/mol. The third kappa shape index (κ3) is 4.69. The van der Waals surface area contributed by atoms with Gasteiger partial charge < -0.3 is 15.5 Å². The average molecular weight is 499 g/mol. The molecule has 3 N–H and O–H groups in total. The molecule has 0 radical (unpaired) electrons. The number of hydrogen-bond donors (Lipinski definition) is 3. The number of nitrogens with one attached hydrogen (secondary N) is 3. The lowest BCUT2D eigenvalue weighted by molar-refractivity contribution is 0.0922. The van der Waals surface area contributed by atoms with Crippen LogP contribution in [0, 0.1) is 24.2 Å². The van der Waals surface area contributed by atoms with E-state index < -0.39 is 17.9 Å². The molecule has 2 aliphatic heterocycles. The SMILES string of the molecule is Cc1cc(Cl)ccc1NC(=O)Nc1ccc(Cl)c(C(=O)C2C=NC3C2C(=N)N=CN3C(C)C)c1. The van der Waals surface area contributed by atoms with Crippen LogP contribution in [0.3, 0.4) is 0 Å².